The van der Waals surface area contributed by atoms with E-state index in [0.29, 0.717) is 15.6 Å². The highest BCUT2D eigenvalue weighted by Gasteiger charge is 2.24. The fourth-order valence-corrected chi connectivity index (χ4v) is 3.74. The quantitative estimate of drug-likeness (QED) is 0.846. The summed E-state index contributed by atoms with van der Waals surface area (Å²) >= 11 is 7.59. The van der Waals surface area contributed by atoms with Crippen molar-refractivity contribution in [2.24, 2.45) is 0 Å². The molecule has 0 fully saturated rings. The Balaban J connectivity index is 2.70. The van der Waals surface area contributed by atoms with E-state index in [9.17, 15) is 4.79 Å². The van der Waals surface area contributed by atoms with Crippen LogP contribution in [-0.2, 0) is 4.74 Å². The Kier molecular flexibility index (Phi) is 4.35. The fourth-order valence-electron chi connectivity index (χ4n) is 2.12. The van der Waals surface area contributed by atoms with Crippen LogP contribution >= 0.6 is 22.9 Å². The lowest BCUT2D eigenvalue weighted by atomic mass is 9.98. The van der Waals surface area contributed by atoms with Gasteiger partial charge in [0.1, 0.15) is 4.88 Å². The summed E-state index contributed by atoms with van der Waals surface area (Å²) in [6, 6.07) is 7.55. The third kappa shape index (κ3) is 2.53. The van der Waals surface area contributed by atoms with Crippen LogP contribution in [0.3, 0.4) is 0 Å². The van der Waals surface area contributed by atoms with E-state index in [-0.39, 0.29) is 5.92 Å². The van der Waals surface area contributed by atoms with E-state index in [1.165, 1.54) is 18.4 Å². The SMILES string of the molecule is COC(=O)c1sc(-c2ccccc2Cl)c(C(C)C)c1N. The summed E-state index contributed by atoms with van der Waals surface area (Å²) in [7, 11) is 1.35. The van der Waals surface area contributed by atoms with E-state index in [2.05, 4.69) is 0 Å². The first kappa shape index (κ1) is 14.9. The Morgan fingerprint density at radius 3 is 2.55 bits per heavy atom. The number of nitrogen functional groups attached to an aromatic ring is 1. The molecule has 1 aromatic heterocycles. The average molecular weight is 310 g/mol. The second-order valence-corrected chi connectivity index (χ2v) is 6.14. The van der Waals surface area contributed by atoms with E-state index < -0.39 is 5.97 Å². The van der Waals surface area contributed by atoms with Crippen LogP contribution in [0, 0.1) is 0 Å². The van der Waals surface area contributed by atoms with Gasteiger partial charge in [-0.3, -0.25) is 0 Å². The highest BCUT2D eigenvalue weighted by Crippen LogP contribution is 2.44. The van der Waals surface area contributed by atoms with Crippen LogP contribution in [0.25, 0.3) is 10.4 Å². The number of esters is 1. The summed E-state index contributed by atoms with van der Waals surface area (Å²) in [5.41, 5.74) is 8.47. The molecule has 0 amide bonds. The number of halogens is 1. The summed E-state index contributed by atoms with van der Waals surface area (Å²) in [6.07, 6.45) is 0. The van der Waals surface area contributed by atoms with Crippen LogP contribution in [0.4, 0.5) is 5.69 Å². The Hall–Kier alpha value is -1.52. The van der Waals surface area contributed by atoms with E-state index >= 15 is 0 Å². The van der Waals surface area contributed by atoms with Crippen molar-refractivity contribution in [3.8, 4) is 10.4 Å². The lowest BCUT2D eigenvalue weighted by Crippen LogP contribution is -2.03. The minimum Gasteiger partial charge on any atom is -0.465 e. The van der Waals surface area contributed by atoms with Crippen LogP contribution in [0.15, 0.2) is 24.3 Å². The van der Waals surface area contributed by atoms with Gasteiger partial charge in [0, 0.05) is 15.5 Å². The molecule has 0 saturated heterocycles. The summed E-state index contributed by atoms with van der Waals surface area (Å²) in [5.74, 6) is -0.219. The van der Waals surface area contributed by atoms with Gasteiger partial charge in [0.25, 0.3) is 0 Å². The summed E-state index contributed by atoms with van der Waals surface area (Å²) < 4.78 is 4.79. The Labute approximate surface area is 127 Å². The van der Waals surface area contributed by atoms with Crippen LogP contribution in [-0.4, -0.2) is 13.1 Å². The molecule has 0 aliphatic rings. The number of thiophene rings is 1. The topological polar surface area (TPSA) is 52.3 Å². The van der Waals surface area contributed by atoms with Gasteiger partial charge >= 0.3 is 5.97 Å². The number of methoxy groups -OCH3 is 1. The van der Waals surface area contributed by atoms with E-state index in [1.807, 2.05) is 38.1 Å². The minimum atomic E-state index is -0.410. The second kappa shape index (κ2) is 5.85. The van der Waals surface area contributed by atoms with Crippen LogP contribution < -0.4 is 5.73 Å². The third-order valence-electron chi connectivity index (χ3n) is 3.05. The number of hydrogen-bond donors (Lipinski definition) is 1. The van der Waals surface area contributed by atoms with Crippen molar-refractivity contribution < 1.29 is 9.53 Å². The predicted octanol–water partition coefficient (Wildman–Crippen LogP) is 4.56. The summed E-state index contributed by atoms with van der Waals surface area (Å²) in [6.45, 7) is 4.08. The van der Waals surface area contributed by atoms with Crippen molar-refractivity contribution in [2.75, 3.05) is 12.8 Å². The monoisotopic (exact) mass is 309 g/mol. The molecule has 2 rings (SSSR count). The van der Waals surface area contributed by atoms with Crippen molar-refractivity contribution in [3.63, 3.8) is 0 Å². The number of carbonyl (C=O) groups is 1. The molecule has 0 aliphatic carbocycles. The maximum absolute atomic E-state index is 11.8. The Morgan fingerprint density at radius 1 is 1.35 bits per heavy atom. The number of anilines is 1. The van der Waals surface area contributed by atoms with Crippen molar-refractivity contribution in [1.29, 1.82) is 0 Å². The number of hydrogen-bond acceptors (Lipinski definition) is 4. The standard InChI is InChI=1S/C15H16ClNO2S/c1-8(2)11-12(17)14(15(18)19-3)20-13(11)9-6-4-5-7-10(9)16/h4-8H,17H2,1-3H3. The normalized spacial score (nSPS) is 10.8. The fraction of sp³-hybridized carbons (Fsp3) is 0.267. The highest BCUT2D eigenvalue weighted by atomic mass is 35.5. The smallest absolute Gasteiger partial charge is 0.350 e. The van der Waals surface area contributed by atoms with Gasteiger partial charge in [-0.15, -0.1) is 11.3 Å². The maximum Gasteiger partial charge on any atom is 0.350 e. The first-order valence-corrected chi connectivity index (χ1v) is 7.42. The largest absolute Gasteiger partial charge is 0.465 e. The molecule has 2 N–H and O–H groups in total. The molecule has 0 saturated carbocycles. The summed E-state index contributed by atoms with van der Waals surface area (Å²) in [4.78, 5) is 13.2. The molecule has 2 aromatic rings. The molecule has 3 nitrogen and oxygen atoms in total. The van der Waals surface area contributed by atoms with Gasteiger partial charge in [0.2, 0.25) is 0 Å². The lowest BCUT2D eigenvalue weighted by Gasteiger charge is -2.10. The molecule has 0 spiro atoms. The van der Waals surface area contributed by atoms with E-state index in [4.69, 9.17) is 22.1 Å². The number of ether oxygens (including phenoxy) is 1. The molecule has 106 valence electrons. The predicted molar refractivity (Wildman–Crippen MR) is 84.6 cm³/mol. The van der Waals surface area contributed by atoms with Crippen molar-refractivity contribution >= 4 is 34.6 Å². The average Bonchev–Trinajstić information content (AvgIpc) is 2.76. The number of rotatable bonds is 3. The van der Waals surface area contributed by atoms with E-state index in [0.717, 1.165) is 16.0 Å². The summed E-state index contributed by atoms with van der Waals surface area (Å²) in [5, 5.41) is 0.645. The molecular formula is C15H16ClNO2S. The van der Waals surface area contributed by atoms with Crippen LogP contribution in [0.2, 0.25) is 5.02 Å². The van der Waals surface area contributed by atoms with Crippen LogP contribution in [0.1, 0.15) is 35.0 Å². The number of carbonyl (C=O) groups excluding carboxylic acids is 1. The van der Waals surface area contributed by atoms with Crippen molar-refractivity contribution in [3.05, 3.63) is 39.7 Å². The van der Waals surface area contributed by atoms with Gasteiger partial charge in [0.05, 0.1) is 12.8 Å². The Bertz CT molecular complexity index is 649. The van der Waals surface area contributed by atoms with Crippen molar-refractivity contribution in [1.82, 2.24) is 0 Å². The highest BCUT2D eigenvalue weighted by molar-refractivity contribution is 7.18. The maximum atomic E-state index is 11.8. The molecule has 1 aromatic carbocycles. The molecule has 0 atom stereocenters. The first-order valence-electron chi connectivity index (χ1n) is 6.22. The molecule has 1 heterocycles. The molecule has 0 radical (unpaired) electrons. The molecule has 0 bridgehead atoms. The second-order valence-electron chi connectivity index (χ2n) is 4.71. The lowest BCUT2D eigenvalue weighted by molar-refractivity contribution is 0.0607. The molecule has 20 heavy (non-hydrogen) atoms. The molecular weight excluding hydrogens is 294 g/mol. The Morgan fingerprint density at radius 2 is 2.00 bits per heavy atom. The zero-order chi connectivity index (χ0) is 14.9. The molecule has 0 unspecified atom stereocenters. The van der Waals surface area contributed by atoms with Gasteiger partial charge in [-0.25, -0.2) is 4.79 Å². The number of benzene rings is 1. The van der Waals surface area contributed by atoms with Gasteiger partial charge < -0.3 is 10.5 Å². The van der Waals surface area contributed by atoms with Crippen LogP contribution in [0.5, 0.6) is 0 Å². The van der Waals surface area contributed by atoms with Gasteiger partial charge in [-0.05, 0) is 17.5 Å². The zero-order valence-electron chi connectivity index (χ0n) is 11.6. The van der Waals surface area contributed by atoms with E-state index in [1.54, 1.807) is 0 Å². The van der Waals surface area contributed by atoms with Gasteiger partial charge in [-0.2, -0.15) is 0 Å². The number of nitrogens with two attached hydrogens (primary N) is 1. The first-order chi connectivity index (χ1) is 9.47. The van der Waals surface area contributed by atoms with Gasteiger partial charge in [0.15, 0.2) is 0 Å². The zero-order valence-corrected chi connectivity index (χ0v) is 13.1. The third-order valence-corrected chi connectivity index (χ3v) is 4.61. The minimum absolute atomic E-state index is 0.191. The van der Waals surface area contributed by atoms with Gasteiger partial charge in [-0.1, -0.05) is 43.6 Å². The molecule has 5 heteroatoms. The molecule has 0 aliphatic heterocycles. The van der Waals surface area contributed by atoms with Crippen molar-refractivity contribution in [2.45, 2.75) is 19.8 Å².